The van der Waals surface area contributed by atoms with E-state index in [0.717, 1.165) is 32.5 Å². The van der Waals surface area contributed by atoms with Gasteiger partial charge in [-0.25, -0.2) is 0 Å². The predicted octanol–water partition coefficient (Wildman–Crippen LogP) is 3.64. The molecule has 2 aromatic carbocycles. The van der Waals surface area contributed by atoms with Crippen LogP contribution in [0.25, 0.3) is 0 Å². The van der Waals surface area contributed by atoms with E-state index in [2.05, 4.69) is 22.3 Å². The van der Waals surface area contributed by atoms with Crippen LogP contribution in [0.2, 0.25) is 5.02 Å². The van der Waals surface area contributed by atoms with Gasteiger partial charge in [-0.15, -0.1) is 0 Å². The summed E-state index contributed by atoms with van der Waals surface area (Å²) in [6.45, 7) is 2.64. The number of halogens is 1. The molecule has 3 rings (SSSR count). The number of benzene rings is 2. The van der Waals surface area contributed by atoms with Crippen molar-refractivity contribution >= 4 is 23.2 Å². The average molecular weight is 374 g/mol. The molecular weight excluding hydrogens is 354 g/mol. The first-order chi connectivity index (χ1) is 12.5. The topological polar surface area (TPSA) is 75.5 Å². The molecule has 136 valence electrons. The number of hydrogen-bond donors (Lipinski definition) is 1. The maximum atomic E-state index is 12.5. The van der Waals surface area contributed by atoms with E-state index in [1.54, 1.807) is 0 Å². The highest BCUT2D eigenvalue weighted by Crippen LogP contribution is 2.23. The lowest BCUT2D eigenvalue weighted by Gasteiger charge is -2.32. The fourth-order valence-corrected chi connectivity index (χ4v) is 3.36. The summed E-state index contributed by atoms with van der Waals surface area (Å²) in [6.07, 6.45) is 1.62. The number of carbonyl (C=O) groups excluding carboxylic acids is 1. The Morgan fingerprint density at radius 2 is 1.88 bits per heavy atom. The monoisotopic (exact) mass is 373 g/mol. The van der Waals surface area contributed by atoms with E-state index >= 15 is 0 Å². The Morgan fingerprint density at radius 1 is 1.19 bits per heavy atom. The van der Waals surface area contributed by atoms with Gasteiger partial charge in [0.2, 0.25) is 0 Å². The molecule has 1 N–H and O–H groups in total. The summed E-state index contributed by atoms with van der Waals surface area (Å²) in [5, 5.41) is 14.3. The van der Waals surface area contributed by atoms with Gasteiger partial charge in [0.1, 0.15) is 5.56 Å². The van der Waals surface area contributed by atoms with E-state index in [9.17, 15) is 14.9 Å². The number of nitro benzene ring substituents is 1. The molecule has 0 atom stereocenters. The Hall–Kier alpha value is -2.44. The maximum Gasteiger partial charge on any atom is 0.282 e. The van der Waals surface area contributed by atoms with Crippen molar-refractivity contribution in [2.75, 3.05) is 13.1 Å². The Morgan fingerprint density at radius 3 is 2.54 bits per heavy atom. The third-order valence-corrected chi connectivity index (χ3v) is 4.81. The SMILES string of the molecule is O=C(NC1CCN(Cc2ccccc2)CC1)c1cc(Cl)ccc1[N+](=O)[O-]. The molecule has 1 aliphatic rings. The summed E-state index contributed by atoms with van der Waals surface area (Å²) in [6, 6.07) is 14.3. The normalized spacial score (nSPS) is 15.6. The standard InChI is InChI=1S/C19H20ClN3O3/c20-15-6-7-18(23(25)26)17(12-15)19(24)21-16-8-10-22(11-9-16)13-14-4-2-1-3-5-14/h1-7,12,16H,8-11,13H2,(H,21,24). The van der Waals surface area contributed by atoms with Crippen LogP contribution < -0.4 is 5.32 Å². The zero-order chi connectivity index (χ0) is 18.5. The fraction of sp³-hybridized carbons (Fsp3) is 0.316. The van der Waals surface area contributed by atoms with Gasteiger partial charge in [0, 0.05) is 36.8 Å². The largest absolute Gasteiger partial charge is 0.349 e. The first-order valence-corrected chi connectivity index (χ1v) is 8.92. The molecule has 0 aromatic heterocycles. The molecule has 0 radical (unpaired) electrons. The minimum atomic E-state index is -0.562. The van der Waals surface area contributed by atoms with Crippen molar-refractivity contribution in [1.82, 2.24) is 10.2 Å². The Labute approximate surface area is 156 Å². The van der Waals surface area contributed by atoms with Crippen molar-refractivity contribution in [1.29, 1.82) is 0 Å². The van der Waals surface area contributed by atoms with Crippen LogP contribution in [0.15, 0.2) is 48.5 Å². The third-order valence-electron chi connectivity index (χ3n) is 4.57. The van der Waals surface area contributed by atoms with Gasteiger partial charge in [-0.1, -0.05) is 41.9 Å². The lowest BCUT2D eigenvalue weighted by atomic mass is 10.0. The molecule has 0 spiro atoms. The summed E-state index contributed by atoms with van der Waals surface area (Å²) in [5.74, 6) is -0.444. The second kappa shape index (κ2) is 8.29. The van der Waals surface area contributed by atoms with Crippen LogP contribution in [0.5, 0.6) is 0 Å². The molecule has 0 bridgehead atoms. The highest BCUT2D eigenvalue weighted by molar-refractivity contribution is 6.31. The van der Waals surface area contributed by atoms with E-state index < -0.39 is 10.8 Å². The maximum absolute atomic E-state index is 12.5. The number of nitro groups is 1. The summed E-state index contributed by atoms with van der Waals surface area (Å²) >= 11 is 5.90. The van der Waals surface area contributed by atoms with Gasteiger partial charge in [-0.3, -0.25) is 19.8 Å². The van der Waals surface area contributed by atoms with Crippen LogP contribution in [-0.2, 0) is 6.54 Å². The highest BCUT2D eigenvalue weighted by atomic mass is 35.5. The molecule has 0 aliphatic carbocycles. The average Bonchev–Trinajstić information content (AvgIpc) is 2.64. The molecule has 7 heteroatoms. The summed E-state index contributed by atoms with van der Waals surface area (Å²) in [4.78, 5) is 25.4. The zero-order valence-electron chi connectivity index (χ0n) is 14.2. The van der Waals surface area contributed by atoms with E-state index in [-0.39, 0.29) is 17.3 Å². The Bertz CT molecular complexity index is 790. The summed E-state index contributed by atoms with van der Waals surface area (Å²) in [5.41, 5.74) is 1.05. The van der Waals surface area contributed by atoms with E-state index in [0.29, 0.717) is 5.02 Å². The number of amides is 1. The second-order valence-corrected chi connectivity index (χ2v) is 6.86. The van der Waals surface area contributed by atoms with Crippen molar-refractivity contribution in [3.05, 3.63) is 74.8 Å². The number of carbonyl (C=O) groups is 1. The molecule has 0 unspecified atom stereocenters. The van der Waals surface area contributed by atoms with Crippen LogP contribution >= 0.6 is 11.6 Å². The van der Waals surface area contributed by atoms with Crippen LogP contribution in [0.3, 0.4) is 0 Å². The Kier molecular flexibility index (Phi) is 5.85. The molecule has 1 amide bonds. The molecular formula is C19H20ClN3O3. The summed E-state index contributed by atoms with van der Waals surface area (Å²) < 4.78 is 0. The van der Waals surface area contributed by atoms with Crippen molar-refractivity contribution < 1.29 is 9.72 Å². The second-order valence-electron chi connectivity index (χ2n) is 6.43. The van der Waals surface area contributed by atoms with Crippen LogP contribution in [0.1, 0.15) is 28.8 Å². The van der Waals surface area contributed by atoms with Crippen molar-refractivity contribution in [3.8, 4) is 0 Å². The molecule has 1 fully saturated rings. The number of nitrogens with zero attached hydrogens (tertiary/aromatic N) is 2. The molecule has 6 nitrogen and oxygen atoms in total. The first-order valence-electron chi connectivity index (χ1n) is 8.54. The first kappa shape index (κ1) is 18.4. The van der Waals surface area contributed by atoms with Gasteiger partial charge in [-0.2, -0.15) is 0 Å². The number of likely N-dealkylation sites (tertiary alicyclic amines) is 1. The van der Waals surface area contributed by atoms with Gasteiger partial charge < -0.3 is 5.32 Å². The van der Waals surface area contributed by atoms with Gasteiger partial charge >= 0.3 is 0 Å². The number of nitrogens with one attached hydrogen (secondary N) is 1. The van der Waals surface area contributed by atoms with Crippen molar-refractivity contribution in [2.24, 2.45) is 0 Å². The zero-order valence-corrected chi connectivity index (χ0v) is 15.0. The molecule has 0 saturated carbocycles. The number of rotatable bonds is 5. The van der Waals surface area contributed by atoms with Crippen LogP contribution in [-0.4, -0.2) is 34.9 Å². The van der Waals surface area contributed by atoms with Crippen LogP contribution in [0, 0.1) is 10.1 Å². The highest BCUT2D eigenvalue weighted by Gasteiger charge is 2.25. The van der Waals surface area contributed by atoms with Gasteiger partial charge in [0.05, 0.1) is 4.92 Å². The smallest absolute Gasteiger partial charge is 0.282 e. The van der Waals surface area contributed by atoms with E-state index in [1.165, 1.54) is 23.8 Å². The van der Waals surface area contributed by atoms with E-state index in [4.69, 9.17) is 11.6 Å². The molecule has 1 aliphatic heterocycles. The summed E-state index contributed by atoms with van der Waals surface area (Å²) in [7, 11) is 0. The minimum absolute atomic E-state index is 0.00751. The third kappa shape index (κ3) is 4.59. The molecule has 1 heterocycles. The van der Waals surface area contributed by atoms with Crippen LogP contribution in [0.4, 0.5) is 5.69 Å². The quantitative estimate of drug-likeness (QED) is 0.641. The molecule has 2 aromatic rings. The fourth-order valence-electron chi connectivity index (χ4n) is 3.19. The van der Waals surface area contributed by atoms with Crippen molar-refractivity contribution in [3.63, 3.8) is 0 Å². The number of hydrogen-bond acceptors (Lipinski definition) is 4. The van der Waals surface area contributed by atoms with Gasteiger partial charge in [0.25, 0.3) is 11.6 Å². The van der Waals surface area contributed by atoms with Crippen molar-refractivity contribution in [2.45, 2.75) is 25.4 Å². The molecule has 26 heavy (non-hydrogen) atoms. The van der Waals surface area contributed by atoms with E-state index in [1.807, 2.05) is 18.2 Å². The van der Waals surface area contributed by atoms with Gasteiger partial charge in [0.15, 0.2) is 0 Å². The lowest BCUT2D eigenvalue weighted by Crippen LogP contribution is -2.44. The Balaban J connectivity index is 1.57. The number of piperidine rings is 1. The molecule has 1 saturated heterocycles. The lowest BCUT2D eigenvalue weighted by molar-refractivity contribution is -0.385. The minimum Gasteiger partial charge on any atom is -0.349 e. The predicted molar refractivity (Wildman–Crippen MR) is 100 cm³/mol. The van der Waals surface area contributed by atoms with Gasteiger partial charge in [-0.05, 0) is 30.5 Å².